The predicted molar refractivity (Wildman–Crippen MR) is 88.7 cm³/mol. The molecule has 0 aromatic heterocycles. The van der Waals surface area contributed by atoms with E-state index in [1.165, 1.54) is 25.7 Å². The Kier molecular flexibility index (Phi) is 6.14. The molecule has 0 saturated heterocycles. The molecule has 128 valence electrons. The van der Waals surface area contributed by atoms with Gasteiger partial charge < -0.3 is 20.9 Å². The molecule has 0 aromatic carbocycles. The van der Waals surface area contributed by atoms with Crippen molar-refractivity contribution in [3.05, 3.63) is 0 Å². The Balaban J connectivity index is 1.32. The molecule has 22 heavy (non-hydrogen) atoms. The van der Waals surface area contributed by atoms with Crippen LogP contribution in [0.2, 0.25) is 0 Å². The molecule has 0 unspecified atom stereocenters. The zero-order valence-corrected chi connectivity index (χ0v) is 13.9. The Hall–Kier alpha value is -0.160. The van der Waals surface area contributed by atoms with Gasteiger partial charge in [-0.25, -0.2) is 0 Å². The zero-order chi connectivity index (χ0) is 15.4. The average Bonchev–Trinajstić information content (AvgIpc) is 2.54. The van der Waals surface area contributed by atoms with Crippen LogP contribution in [0.4, 0.5) is 0 Å². The number of ether oxygens (including phenoxy) is 2. The minimum absolute atomic E-state index is 0.410. The van der Waals surface area contributed by atoms with Gasteiger partial charge in [-0.05, 0) is 77.0 Å². The van der Waals surface area contributed by atoms with Gasteiger partial charge in [0.1, 0.15) is 0 Å². The van der Waals surface area contributed by atoms with Gasteiger partial charge in [0.2, 0.25) is 0 Å². The third-order valence-corrected chi connectivity index (χ3v) is 5.83. The third-order valence-electron chi connectivity index (χ3n) is 5.83. The zero-order valence-electron chi connectivity index (χ0n) is 13.9. The molecule has 4 N–H and O–H groups in total. The topological polar surface area (TPSA) is 70.5 Å². The van der Waals surface area contributed by atoms with Gasteiger partial charge in [-0.3, -0.25) is 0 Å². The van der Waals surface area contributed by atoms with Crippen LogP contribution in [0.5, 0.6) is 0 Å². The fourth-order valence-corrected chi connectivity index (χ4v) is 4.30. The summed E-state index contributed by atoms with van der Waals surface area (Å²) in [6.07, 6.45) is 15.6. The van der Waals surface area contributed by atoms with Crippen molar-refractivity contribution in [3.8, 4) is 0 Å². The van der Waals surface area contributed by atoms with Crippen molar-refractivity contribution in [1.82, 2.24) is 0 Å². The van der Waals surface area contributed by atoms with Crippen LogP contribution in [0.3, 0.4) is 0 Å². The Bertz CT molecular complexity index is 283. The molecule has 3 fully saturated rings. The molecular weight excluding hydrogens is 276 g/mol. The first-order valence-electron chi connectivity index (χ1n) is 9.51. The largest absolute Gasteiger partial charge is 0.375 e. The Labute approximate surface area is 135 Å². The Morgan fingerprint density at radius 2 is 0.636 bits per heavy atom. The van der Waals surface area contributed by atoms with Crippen molar-refractivity contribution in [1.29, 1.82) is 0 Å². The molecular formula is C18H34N2O2. The molecule has 0 aliphatic heterocycles. The number of hydrogen-bond acceptors (Lipinski definition) is 4. The first-order valence-corrected chi connectivity index (χ1v) is 9.51. The van der Waals surface area contributed by atoms with Gasteiger partial charge in [0.15, 0.2) is 0 Å². The second kappa shape index (κ2) is 8.09. The molecule has 0 atom stereocenters. The molecule has 3 aliphatic rings. The maximum Gasteiger partial charge on any atom is 0.0580 e. The Morgan fingerprint density at radius 1 is 0.409 bits per heavy atom. The molecule has 0 aromatic rings. The van der Waals surface area contributed by atoms with Crippen LogP contribution < -0.4 is 11.5 Å². The van der Waals surface area contributed by atoms with Crippen LogP contribution in [-0.2, 0) is 9.47 Å². The third kappa shape index (κ3) is 4.92. The molecule has 4 heteroatoms. The quantitative estimate of drug-likeness (QED) is 0.837. The summed E-state index contributed by atoms with van der Waals surface area (Å²) in [5.74, 6) is 0. The minimum Gasteiger partial charge on any atom is -0.375 e. The van der Waals surface area contributed by atoms with E-state index in [0.717, 1.165) is 51.4 Å². The normalized spacial score (nSPS) is 43.9. The van der Waals surface area contributed by atoms with Crippen LogP contribution in [0.1, 0.15) is 77.0 Å². The molecule has 0 heterocycles. The minimum atomic E-state index is 0.410. The molecule has 3 rings (SSSR count). The van der Waals surface area contributed by atoms with Gasteiger partial charge in [-0.2, -0.15) is 0 Å². The van der Waals surface area contributed by atoms with Crippen molar-refractivity contribution in [2.75, 3.05) is 0 Å². The van der Waals surface area contributed by atoms with Gasteiger partial charge in [-0.1, -0.05) is 0 Å². The van der Waals surface area contributed by atoms with Gasteiger partial charge in [-0.15, -0.1) is 0 Å². The highest BCUT2D eigenvalue weighted by Gasteiger charge is 2.29. The lowest BCUT2D eigenvalue weighted by atomic mass is 9.90. The highest BCUT2D eigenvalue weighted by molar-refractivity contribution is 4.81. The smallest absolute Gasteiger partial charge is 0.0580 e. The molecule has 0 spiro atoms. The van der Waals surface area contributed by atoms with E-state index in [1.807, 2.05) is 0 Å². The molecule has 3 aliphatic carbocycles. The van der Waals surface area contributed by atoms with Crippen molar-refractivity contribution >= 4 is 0 Å². The number of rotatable bonds is 4. The van der Waals surface area contributed by atoms with Crippen LogP contribution >= 0.6 is 0 Å². The van der Waals surface area contributed by atoms with E-state index in [-0.39, 0.29) is 0 Å². The second-order valence-electron chi connectivity index (χ2n) is 7.74. The van der Waals surface area contributed by atoms with Crippen LogP contribution in [0, 0.1) is 0 Å². The monoisotopic (exact) mass is 310 g/mol. The summed E-state index contributed by atoms with van der Waals surface area (Å²) < 4.78 is 12.6. The highest BCUT2D eigenvalue weighted by Crippen LogP contribution is 2.30. The van der Waals surface area contributed by atoms with Crippen molar-refractivity contribution < 1.29 is 9.47 Å². The lowest BCUT2D eigenvalue weighted by molar-refractivity contribution is -0.0931. The number of hydrogen-bond donors (Lipinski definition) is 2. The molecule has 3 saturated carbocycles. The fraction of sp³-hybridized carbons (Fsp3) is 1.00. The van der Waals surface area contributed by atoms with Gasteiger partial charge in [0, 0.05) is 12.1 Å². The maximum absolute atomic E-state index is 6.31. The summed E-state index contributed by atoms with van der Waals surface area (Å²) in [6.45, 7) is 0. The van der Waals surface area contributed by atoms with Gasteiger partial charge in [0.05, 0.1) is 24.4 Å². The first-order chi connectivity index (χ1) is 10.7. The highest BCUT2D eigenvalue weighted by atomic mass is 16.5. The van der Waals surface area contributed by atoms with Gasteiger partial charge in [0.25, 0.3) is 0 Å². The van der Waals surface area contributed by atoms with Gasteiger partial charge >= 0.3 is 0 Å². The summed E-state index contributed by atoms with van der Waals surface area (Å²) in [5, 5.41) is 0. The van der Waals surface area contributed by atoms with E-state index in [0.29, 0.717) is 36.5 Å². The van der Waals surface area contributed by atoms with E-state index in [4.69, 9.17) is 20.9 Å². The van der Waals surface area contributed by atoms with Crippen LogP contribution in [0.15, 0.2) is 0 Å². The average molecular weight is 310 g/mol. The van der Waals surface area contributed by atoms with Crippen LogP contribution in [0.25, 0.3) is 0 Å². The van der Waals surface area contributed by atoms with E-state index in [1.54, 1.807) is 0 Å². The van der Waals surface area contributed by atoms with E-state index in [2.05, 4.69) is 0 Å². The second-order valence-corrected chi connectivity index (χ2v) is 7.74. The molecule has 0 bridgehead atoms. The van der Waals surface area contributed by atoms with Crippen LogP contribution in [-0.4, -0.2) is 36.5 Å². The van der Waals surface area contributed by atoms with Crippen molar-refractivity contribution in [2.24, 2.45) is 11.5 Å². The SMILES string of the molecule is NC1CCC(OC2CCC(OC3CCC(N)CC3)CC2)CC1. The summed E-state index contributed by atoms with van der Waals surface area (Å²) >= 11 is 0. The lowest BCUT2D eigenvalue weighted by Gasteiger charge is -2.36. The Morgan fingerprint density at radius 3 is 0.909 bits per heavy atom. The molecule has 0 radical (unpaired) electrons. The first kappa shape index (κ1) is 16.7. The van der Waals surface area contributed by atoms with Crippen molar-refractivity contribution in [3.63, 3.8) is 0 Å². The summed E-state index contributed by atoms with van der Waals surface area (Å²) in [7, 11) is 0. The molecule has 0 amide bonds. The van der Waals surface area contributed by atoms with E-state index < -0.39 is 0 Å². The fourth-order valence-electron chi connectivity index (χ4n) is 4.30. The lowest BCUT2D eigenvalue weighted by Crippen LogP contribution is -2.36. The van der Waals surface area contributed by atoms with E-state index >= 15 is 0 Å². The summed E-state index contributed by atoms with van der Waals surface area (Å²) in [4.78, 5) is 0. The maximum atomic E-state index is 6.31. The summed E-state index contributed by atoms with van der Waals surface area (Å²) in [5.41, 5.74) is 11.9. The summed E-state index contributed by atoms with van der Waals surface area (Å²) in [6, 6.07) is 0.820. The van der Waals surface area contributed by atoms with Crippen molar-refractivity contribution in [2.45, 2.75) is 114 Å². The predicted octanol–water partition coefficient (Wildman–Crippen LogP) is 2.87. The standard InChI is InChI=1S/C18H34N2O2/c19-13-1-5-15(6-2-13)21-17-9-11-18(12-10-17)22-16-7-3-14(20)4-8-16/h13-18H,1-12,19-20H2. The number of nitrogens with two attached hydrogens (primary N) is 2. The van der Waals surface area contributed by atoms with E-state index in [9.17, 15) is 0 Å². The molecule has 4 nitrogen and oxygen atoms in total.